The first-order valence-corrected chi connectivity index (χ1v) is 8.45. The second-order valence-electron chi connectivity index (χ2n) is 4.03. The van der Waals surface area contributed by atoms with E-state index in [9.17, 15) is 13.2 Å². The fourth-order valence-corrected chi connectivity index (χ4v) is 5.56. The summed E-state index contributed by atoms with van der Waals surface area (Å²) in [7, 11) is -2.05. The van der Waals surface area contributed by atoms with Crippen LogP contribution < -0.4 is 0 Å². The Bertz CT molecular complexity index is 303. The summed E-state index contributed by atoms with van der Waals surface area (Å²) < 4.78 is 23.6. The van der Waals surface area contributed by atoms with Crippen LogP contribution in [0.5, 0.6) is 0 Å². The molecule has 0 radical (unpaired) electrons. The van der Waals surface area contributed by atoms with E-state index in [1.807, 2.05) is 0 Å². The molecule has 5 heteroatoms. The number of hydrogen-bond acceptors (Lipinski definition) is 4. The molecule has 1 aliphatic carbocycles. The lowest BCUT2D eigenvalue weighted by Gasteiger charge is -2.20. The minimum absolute atomic E-state index is 0.0568. The predicted molar refractivity (Wildman–Crippen MR) is 63.5 cm³/mol. The van der Waals surface area contributed by atoms with E-state index in [2.05, 4.69) is 0 Å². The molecule has 0 spiro atoms. The lowest BCUT2D eigenvalue weighted by Crippen LogP contribution is -2.21. The molecule has 0 aromatic rings. The lowest BCUT2D eigenvalue weighted by atomic mass is 10.0. The zero-order valence-corrected chi connectivity index (χ0v) is 10.7. The Balaban J connectivity index is 2.40. The van der Waals surface area contributed by atoms with Gasteiger partial charge in [-0.05, 0) is 30.6 Å². The lowest BCUT2D eigenvalue weighted by molar-refractivity contribution is -0.116. The fraction of sp³-hybridized carbons (Fsp3) is 0.900. The Kier molecular flexibility index (Phi) is 5.12. The van der Waals surface area contributed by atoms with Gasteiger partial charge in [0.1, 0.15) is 5.78 Å². The standard InChI is InChI=1S/C10H18O3S2/c1-9(11)7-8-14-15(12,13)10-5-3-2-4-6-10/h10H,2-8H2,1H3. The molecule has 0 bridgehead atoms. The maximum Gasteiger partial charge on any atom is 0.204 e. The normalized spacial score (nSPS) is 19.0. The molecular weight excluding hydrogens is 232 g/mol. The summed E-state index contributed by atoms with van der Waals surface area (Å²) in [6.45, 7) is 1.49. The first kappa shape index (κ1) is 13.0. The van der Waals surface area contributed by atoms with E-state index in [1.165, 1.54) is 6.92 Å². The Morgan fingerprint density at radius 1 is 1.27 bits per heavy atom. The van der Waals surface area contributed by atoms with Gasteiger partial charge in [0.15, 0.2) is 0 Å². The van der Waals surface area contributed by atoms with Gasteiger partial charge in [-0.3, -0.25) is 4.79 Å². The molecular formula is C10H18O3S2. The van der Waals surface area contributed by atoms with Gasteiger partial charge in [-0.25, -0.2) is 8.42 Å². The molecule has 88 valence electrons. The average molecular weight is 250 g/mol. The predicted octanol–water partition coefficient (Wildman–Crippen LogP) is 2.36. The third kappa shape index (κ3) is 4.55. The highest BCUT2D eigenvalue weighted by atomic mass is 33.1. The molecule has 0 amide bonds. The number of hydrogen-bond donors (Lipinski definition) is 0. The second kappa shape index (κ2) is 5.89. The molecule has 0 aromatic heterocycles. The Morgan fingerprint density at radius 2 is 1.87 bits per heavy atom. The van der Waals surface area contributed by atoms with Crippen LogP contribution in [0.4, 0.5) is 0 Å². The number of carbonyl (C=O) groups is 1. The molecule has 15 heavy (non-hydrogen) atoms. The maximum absolute atomic E-state index is 11.8. The quantitative estimate of drug-likeness (QED) is 0.703. The summed E-state index contributed by atoms with van der Waals surface area (Å²) in [5.41, 5.74) is 0. The molecule has 1 fully saturated rings. The SMILES string of the molecule is CC(=O)CCSS(=O)(=O)C1CCCCC1. The average Bonchev–Trinajstić information content (AvgIpc) is 2.18. The summed E-state index contributed by atoms with van der Waals surface area (Å²) in [6, 6.07) is 0. The van der Waals surface area contributed by atoms with Crippen molar-refractivity contribution in [3.8, 4) is 0 Å². The summed E-state index contributed by atoms with van der Waals surface area (Å²) in [5, 5.41) is -0.164. The Labute approximate surface area is 95.3 Å². The van der Waals surface area contributed by atoms with Crippen LogP contribution in [0.2, 0.25) is 0 Å². The van der Waals surface area contributed by atoms with Gasteiger partial charge in [-0.2, -0.15) is 0 Å². The van der Waals surface area contributed by atoms with Crippen LogP contribution in [0.25, 0.3) is 0 Å². The molecule has 0 heterocycles. The molecule has 1 rings (SSSR count). The summed E-state index contributed by atoms with van der Waals surface area (Å²) >= 11 is 0. The molecule has 0 aliphatic heterocycles. The highest BCUT2D eigenvalue weighted by Gasteiger charge is 2.27. The zero-order valence-electron chi connectivity index (χ0n) is 9.07. The summed E-state index contributed by atoms with van der Waals surface area (Å²) in [6.07, 6.45) is 5.17. The van der Waals surface area contributed by atoms with Crippen molar-refractivity contribution in [2.45, 2.75) is 50.7 Å². The van der Waals surface area contributed by atoms with Crippen molar-refractivity contribution < 1.29 is 13.2 Å². The van der Waals surface area contributed by atoms with Crippen LogP contribution in [0, 0.1) is 0 Å². The van der Waals surface area contributed by atoms with Crippen molar-refractivity contribution in [1.82, 2.24) is 0 Å². The third-order valence-corrected chi connectivity index (χ3v) is 6.95. The van der Waals surface area contributed by atoms with E-state index >= 15 is 0 Å². The minimum Gasteiger partial charge on any atom is -0.300 e. The monoisotopic (exact) mass is 250 g/mol. The molecule has 0 saturated heterocycles. The van der Waals surface area contributed by atoms with E-state index in [-0.39, 0.29) is 11.0 Å². The molecule has 0 aromatic carbocycles. The van der Waals surface area contributed by atoms with Crippen LogP contribution >= 0.6 is 10.8 Å². The van der Waals surface area contributed by atoms with Crippen LogP contribution in [0.15, 0.2) is 0 Å². The van der Waals surface area contributed by atoms with E-state index < -0.39 is 8.87 Å². The van der Waals surface area contributed by atoms with Gasteiger partial charge >= 0.3 is 0 Å². The van der Waals surface area contributed by atoms with Gasteiger partial charge < -0.3 is 0 Å². The van der Waals surface area contributed by atoms with Crippen molar-refractivity contribution in [2.24, 2.45) is 0 Å². The van der Waals surface area contributed by atoms with E-state index in [0.717, 1.165) is 42.9 Å². The van der Waals surface area contributed by atoms with Gasteiger partial charge in [0.2, 0.25) is 8.87 Å². The molecule has 0 atom stereocenters. The van der Waals surface area contributed by atoms with Gasteiger partial charge in [0, 0.05) is 12.2 Å². The fourth-order valence-electron chi connectivity index (χ4n) is 1.75. The van der Waals surface area contributed by atoms with Gasteiger partial charge in [-0.15, -0.1) is 0 Å². The van der Waals surface area contributed by atoms with Crippen molar-refractivity contribution in [3.05, 3.63) is 0 Å². The first-order chi connectivity index (χ1) is 7.02. The van der Waals surface area contributed by atoms with Crippen molar-refractivity contribution >= 4 is 25.4 Å². The molecule has 3 nitrogen and oxygen atoms in total. The van der Waals surface area contributed by atoms with Crippen LogP contribution in [-0.2, 0) is 13.7 Å². The number of Topliss-reactive ketones (excluding diaryl/α,β-unsaturated/α-hetero) is 1. The number of ketones is 1. The van der Waals surface area contributed by atoms with Crippen molar-refractivity contribution in [1.29, 1.82) is 0 Å². The number of rotatable bonds is 5. The largest absolute Gasteiger partial charge is 0.300 e. The second-order valence-corrected chi connectivity index (χ2v) is 8.42. The zero-order chi connectivity index (χ0) is 11.3. The molecule has 0 N–H and O–H groups in total. The Hall–Kier alpha value is -0.0300. The van der Waals surface area contributed by atoms with Crippen LogP contribution in [0.1, 0.15) is 45.4 Å². The van der Waals surface area contributed by atoms with E-state index in [1.54, 1.807) is 0 Å². The van der Waals surface area contributed by atoms with Gasteiger partial charge in [-0.1, -0.05) is 19.3 Å². The van der Waals surface area contributed by atoms with Gasteiger partial charge in [0.05, 0.1) is 5.25 Å². The maximum atomic E-state index is 11.8. The van der Waals surface area contributed by atoms with E-state index in [0.29, 0.717) is 12.2 Å². The Morgan fingerprint density at radius 3 is 2.40 bits per heavy atom. The van der Waals surface area contributed by atoms with Crippen LogP contribution in [0.3, 0.4) is 0 Å². The topological polar surface area (TPSA) is 51.2 Å². The first-order valence-electron chi connectivity index (χ1n) is 5.40. The van der Waals surface area contributed by atoms with Crippen LogP contribution in [-0.4, -0.2) is 25.2 Å². The van der Waals surface area contributed by atoms with E-state index in [4.69, 9.17) is 0 Å². The summed E-state index contributed by atoms with van der Waals surface area (Å²) in [4.78, 5) is 10.7. The molecule has 1 aliphatic rings. The molecule has 0 unspecified atom stereocenters. The summed E-state index contributed by atoms with van der Waals surface area (Å²) in [5.74, 6) is 0.468. The highest BCUT2D eigenvalue weighted by molar-refractivity contribution is 8.72. The van der Waals surface area contributed by atoms with Gasteiger partial charge in [0.25, 0.3) is 0 Å². The molecule has 1 saturated carbocycles. The third-order valence-electron chi connectivity index (χ3n) is 2.66. The minimum atomic E-state index is -3.01. The highest BCUT2D eigenvalue weighted by Crippen LogP contribution is 2.30. The van der Waals surface area contributed by atoms with Crippen molar-refractivity contribution in [2.75, 3.05) is 5.75 Å². The van der Waals surface area contributed by atoms with Crippen molar-refractivity contribution in [3.63, 3.8) is 0 Å². The smallest absolute Gasteiger partial charge is 0.204 e. The number of carbonyl (C=O) groups excluding carboxylic acids is 1.